The average Bonchev–Trinajstić information content (AvgIpc) is 2.20. The molecule has 0 aromatic heterocycles. The molecule has 14 heavy (non-hydrogen) atoms. The molecular weight excluding hydrogens is 175 g/mol. The molecular formula is C13H19F. The highest BCUT2D eigenvalue weighted by atomic mass is 19.1. The summed E-state index contributed by atoms with van der Waals surface area (Å²) in [5.74, 6) is 0.0341. The molecule has 0 aliphatic carbocycles. The topological polar surface area (TPSA) is 0 Å². The Kier molecular flexibility index (Phi) is 4.12. The molecule has 0 heterocycles. The minimum absolute atomic E-state index is 0.0341. The van der Waals surface area contributed by atoms with Crippen molar-refractivity contribution in [3.05, 3.63) is 34.9 Å². The molecule has 0 spiro atoms. The predicted octanol–water partition coefficient (Wildman–Crippen LogP) is 4.02. The van der Waals surface area contributed by atoms with Gasteiger partial charge in [0.2, 0.25) is 0 Å². The molecule has 1 aromatic carbocycles. The first-order valence-corrected chi connectivity index (χ1v) is 5.35. The first-order valence-electron chi connectivity index (χ1n) is 5.35. The van der Waals surface area contributed by atoms with Gasteiger partial charge < -0.3 is 0 Å². The summed E-state index contributed by atoms with van der Waals surface area (Å²) in [6.07, 6.45) is 2.24. The van der Waals surface area contributed by atoms with Crippen molar-refractivity contribution in [1.82, 2.24) is 0 Å². The van der Waals surface area contributed by atoms with E-state index in [0.29, 0.717) is 0 Å². The maximum Gasteiger partial charge on any atom is 0.0960 e. The van der Waals surface area contributed by atoms with Gasteiger partial charge in [-0.3, -0.25) is 4.39 Å². The maximum absolute atomic E-state index is 12.6. The first-order chi connectivity index (χ1) is 6.70. The highest BCUT2D eigenvalue weighted by Gasteiger charge is 2.09. The van der Waals surface area contributed by atoms with Gasteiger partial charge in [0.1, 0.15) is 0 Å². The maximum atomic E-state index is 12.6. The Balaban J connectivity index is 3.00. The van der Waals surface area contributed by atoms with Crippen molar-refractivity contribution >= 4 is 0 Å². The quantitative estimate of drug-likeness (QED) is 0.679. The molecule has 1 rings (SSSR count). The summed E-state index contributed by atoms with van der Waals surface area (Å²) in [5, 5.41) is 0. The second kappa shape index (κ2) is 5.14. The van der Waals surface area contributed by atoms with Crippen molar-refractivity contribution in [3.63, 3.8) is 0 Å². The lowest BCUT2D eigenvalue weighted by Gasteiger charge is -2.14. The molecule has 0 saturated heterocycles. The van der Waals surface area contributed by atoms with Crippen molar-refractivity contribution in [3.8, 4) is 0 Å². The van der Waals surface area contributed by atoms with E-state index in [-0.39, 0.29) is 12.6 Å². The highest BCUT2D eigenvalue weighted by Crippen LogP contribution is 2.23. The molecule has 0 radical (unpaired) electrons. The molecule has 0 aliphatic heterocycles. The van der Waals surface area contributed by atoms with Crippen LogP contribution in [0.5, 0.6) is 0 Å². The summed E-state index contributed by atoms with van der Waals surface area (Å²) in [4.78, 5) is 0. The molecule has 0 nitrogen and oxygen atoms in total. The molecule has 0 bridgehead atoms. The molecule has 0 amide bonds. The Hall–Kier alpha value is -0.850. The second-order valence-electron chi connectivity index (χ2n) is 3.94. The van der Waals surface area contributed by atoms with Gasteiger partial charge in [-0.05, 0) is 30.0 Å². The molecule has 78 valence electrons. The summed E-state index contributed by atoms with van der Waals surface area (Å²) in [6.45, 7) is 5.95. The van der Waals surface area contributed by atoms with E-state index in [9.17, 15) is 4.39 Å². The van der Waals surface area contributed by atoms with E-state index < -0.39 is 0 Å². The van der Waals surface area contributed by atoms with Crippen LogP contribution in [0.3, 0.4) is 0 Å². The van der Waals surface area contributed by atoms with Crippen LogP contribution in [0, 0.1) is 6.92 Å². The zero-order valence-electron chi connectivity index (χ0n) is 9.31. The van der Waals surface area contributed by atoms with Crippen LogP contribution in [0.2, 0.25) is 0 Å². The summed E-state index contributed by atoms with van der Waals surface area (Å²) < 4.78 is 12.6. The van der Waals surface area contributed by atoms with Gasteiger partial charge in [-0.2, -0.15) is 0 Å². The summed E-state index contributed by atoms with van der Waals surface area (Å²) in [5.41, 5.74) is 3.81. The van der Waals surface area contributed by atoms with Gasteiger partial charge in [0.15, 0.2) is 0 Å². The van der Waals surface area contributed by atoms with Gasteiger partial charge in [0, 0.05) is 5.92 Å². The lowest BCUT2D eigenvalue weighted by molar-refractivity contribution is 0.446. The Morgan fingerprint density at radius 2 is 2.07 bits per heavy atom. The largest absolute Gasteiger partial charge is 0.250 e. The van der Waals surface area contributed by atoms with E-state index in [1.54, 1.807) is 0 Å². The number of benzene rings is 1. The van der Waals surface area contributed by atoms with Gasteiger partial charge >= 0.3 is 0 Å². The molecule has 0 fully saturated rings. The minimum atomic E-state index is -0.267. The fourth-order valence-electron chi connectivity index (χ4n) is 1.86. The van der Waals surface area contributed by atoms with Gasteiger partial charge in [-0.15, -0.1) is 0 Å². The molecule has 1 aromatic rings. The van der Waals surface area contributed by atoms with E-state index in [1.807, 2.05) is 19.1 Å². The van der Waals surface area contributed by atoms with Crippen LogP contribution >= 0.6 is 0 Å². The van der Waals surface area contributed by atoms with Crippen LogP contribution in [0.4, 0.5) is 4.39 Å². The third-order valence-electron chi connectivity index (χ3n) is 2.77. The van der Waals surface area contributed by atoms with Crippen molar-refractivity contribution in [2.24, 2.45) is 0 Å². The Labute approximate surface area is 86.2 Å². The average molecular weight is 194 g/mol. The number of halogens is 1. The standard InChI is InChI=1S/C13H19F/c1-4-6-12-7-5-8-13(11(12)3)10(2)9-14/h5,7-8,10H,4,6,9H2,1-3H3. The van der Waals surface area contributed by atoms with Crippen molar-refractivity contribution in [2.75, 3.05) is 6.67 Å². The zero-order valence-corrected chi connectivity index (χ0v) is 9.31. The van der Waals surface area contributed by atoms with Gasteiger partial charge in [0.05, 0.1) is 6.67 Å². The Morgan fingerprint density at radius 3 is 2.64 bits per heavy atom. The third kappa shape index (κ3) is 2.34. The zero-order chi connectivity index (χ0) is 10.6. The molecule has 0 aliphatic rings. The van der Waals surface area contributed by atoms with Gasteiger partial charge in [-0.25, -0.2) is 0 Å². The Bertz CT molecular complexity index is 291. The lowest BCUT2D eigenvalue weighted by Crippen LogP contribution is -2.01. The van der Waals surface area contributed by atoms with Crippen molar-refractivity contribution < 1.29 is 4.39 Å². The summed E-state index contributed by atoms with van der Waals surface area (Å²) >= 11 is 0. The molecule has 0 N–H and O–H groups in total. The lowest BCUT2D eigenvalue weighted by atomic mass is 9.92. The van der Waals surface area contributed by atoms with Crippen LogP contribution in [0.25, 0.3) is 0 Å². The van der Waals surface area contributed by atoms with Gasteiger partial charge in [-0.1, -0.05) is 38.5 Å². The summed E-state index contributed by atoms with van der Waals surface area (Å²) in [7, 11) is 0. The van der Waals surface area contributed by atoms with Crippen LogP contribution in [-0.2, 0) is 6.42 Å². The molecule has 1 atom stereocenters. The predicted molar refractivity (Wildman–Crippen MR) is 59.6 cm³/mol. The van der Waals surface area contributed by atoms with E-state index in [4.69, 9.17) is 0 Å². The van der Waals surface area contributed by atoms with Crippen LogP contribution in [-0.4, -0.2) is 6.67 Å². The number of aryl methyl sites for hydroxylation is 1. The monoisotopic (exact) mass is 194 g/mol. The molecule has 1 unspecified atom stereocenters. The first kappa shape index (κ1) is 11.2. The van der Waals surface area contributed by atoms with Crippen LogP contribution in [0.1, 0.15) is 42.9 Å². The van der Waals surface area contributed by atoms with E-state index in [1.165, 1.54) is 16.7 Å². The van der Waals surface area contributed by atoms with Gasteiger partial charge in [0.25, 0.3) is 0 Å². The van der Waals surface area contributed by atoms with Crippen molar-refractivity contribution in [2.45, 2.75) is 39.5 Å². The summed E-state index contributed by atoms with van der Waals surface area (Å²) in [6, 6.07) is 6.23. The number of hydrogen-bond donors (Lipinski definition) is 0. The number of rotatable bonds is 4. The number of hydrogen-bond acceptors (Lipinski definition) is 0. The fraction of sp³-hybridized carbons (Fsp3) is 0.538. The normalized spacial score (nSPS) is 12.9. The van der Waals surface area contributed by atoms with E-state index in [2.05, 4.69) is 19.9 Å². The van der Waals surface area contributed by atoms with E-state index >= 15 is 0 Å². The highest BCUT2D eigenvalue weighted by molar-refractivity contribution is 5.36. The van der Waals surface area contributed by atoms with Crippen LogP contribution in [0.15, 0.2) is 18.2 Å². The molecule has 1 heteroatoms. The molecule has 0 saturated carbocycles. The van der Waals surface area contributed by atoms with Crippen molar-refractivity contribution in [1.29, 1.82) is 0 Å². The second-order valence-corrected chi connectivity index (χ2v) is 3.94. The smallest absolute Gasteiger partial charge is 0.0960 e. The van der Waals surface area contributed by atoms with E-state index in [0.717, 1.165) is 12.8 Å². The fourth-order valence-corrected chi connectivity index (χ4v) is 1.86. The Morgan fingerprint density at radius 1 is 1.36 bits per heavy atom. The number of alkyl halides is 1. The minimum Gasteiger partial charge on any atom is -0.250 e. The third-order valence-corrected chi connectivity index (χ3v) is 2.77. The SMILES string of the molecule is CCCc1cccc(C(C)CF)c1C. The van der Waals surface area contributed by atoms with Crippen LogP contribution < -0.4 is 0 Å².